The summed E-state index contributed by atoms with van der Waals surface area (Å²) in [5, 5.41) is 11.7. The second-order valence-corrected chi connectivity index (χ2v) is 7.15. The molecule has 0 aliphatic heterocycles. The average Bonchev–Trinajstić information content (AvgIpc) is 3.21. The lowest BCUT2D eigenvalue weighted by molar-refractivity contribution is 0.152. The van der Waals surface area contributed by atoms with E-state index < -0.39 is 6.09 Å². The first-order chi connectivity index (χ1) is 13.1. The summed E-state index contributed by atoms with van der Waals surface area (Å²) in [6.07, 6.45) is 1.15. The molecule has 4 rings (SSSR count). The highest BCUT2D eigenvalue weighted by Gasteiger charge is 2.18. The average molecular weight is 379 g/mol. The number of hydrogen-bond donors (Lipinski definition) is 1. The summed E-state index contributed by atoms with van der Waals surface area (Å²) < 4.78 is 6.17. The fraction of sp³-hybridized carbons (Fsp3) is 0.150. The van der Waals surface area contributed by atoms with E-state index in [-0.39, 0.29) is 12.5 Å². The van der Waals surface area contributed by atoms with Gasteiger partial charge >= 0.3 is 6.09 Å². The van der Waals surface area contributed by atoms with Crippen molar-refractivity contribution in [1.29, 1.82) is 0 Å². The molecule has 0 amide bonds. The Morgan fingerprint density at radius 2 is 2.11 bits per heavy atom. The molecule has 0 radical (unpaired) electrons. The first-order valence-corrected chi connectivity index (χ1v) is 9.31. The predicted molar refractivity (Wildman–Crippen MR) is 105 cm³/mol. The number of hydrogen-bond acceptors (Lipinski definition) is 6. The smallest absolute Gasteiger partial charge is 0.421 e. The van der Waals surface area contributed by atoms with Gasteiger partial charge in [0.2, 0.25) is 5.88 Å². The summed E-state index contributed by atoms with van der Waals surface area (Å²) in [6.45, 7) is 3.98. The molecule has 6 nitrogen and oxygen atoms in total. The van der Waals surface area contributed by atoms with Crippen molar-refractivity contribution in [3.63, 3.8) is 0 Å². The number of nitrogens with zero attached hydrogens (tertiary/aromatic N) is 3. The van der Waals surface area contributed by atoms with Crippen molar-refractivity contribution in [1.82, 2.24) is 14.5 Å². The molecule has 0 saturated heterocycles. The number of ether oxygens (including phenoxy) is 1. The van der Waals surface area contributed by atoms with Crippen LogP contribution >= 0.6 is 11.3 Å². The van der Waals surface area contributed by atoms with Gasteiger partial charge in [-0.05, 0) is 38.1 Å². The molecule has 4 aromatic rings. The SMILES string of the molecule is CCOC(=O)n1c(O)cc2cc(-c3nc(-c4ccccn4)sc3C)ccc21. The highest BCUT2D eigenvalue weighted by molar-refractivity contribution is 7.15. The minimum absolute atomic E-state index is 0.148. The molecule has 1 aromatic carbocycles. The van der Waals surface area contributed by atoms with Gasteiger partial charge in [0.25, 0.3) is 0 Å². The zero-order valence-corrected chi connectivity index (χ0v) is 15.7. The van der Waals surface area contributed by atoms with E-state index in [9.17, 15) is 9.90 Å². The predicted octanol–water partition coefficient (Wildman–Crippen LogP) is 4.85. The molecule has 0 aliphatic carbocycles. The largest absolute Gasteiger partial charge is 0.494 e. The molecule has 0 spiro atoms. The van der Waals surface area contributed by atoms with Gasteiger partial charge in [-0.25, -0.2) is 14.3 Å². The molecule has 1 N–H and O–H groups in total. The minimum atomic E-state index is -0.597. The molecule has 0 fully saturated rings. The third kappa shape index (κ3) is 3.06. The van der Waals surface area contributed by atoms with E-state index in [0.29, 0.717) is 5.52 Å². The maximum atomic E-state index is 12.1. The molecule has 0 bridgehead atoms. The first-order valence-electron chi connectivity index (χ1n) is 8.49. The van der Waals surface area contributed by atoms with Crippen molar-refractivity contribution in [3.8, 4) is 27.8 Å². The lowest BCUT2D eigenvalue weighted by Gasteiger charge is -2.06. The van der Waals surface area contributed by atoms with Crippen molar-refractivity contribution < 1.29 is 14.6 Å². The Morgan fingerprint density at radius 1 is 1.26 bits per heavy atom. The minimum Gasteiger partial charge on any atom is -0.494 e. The van der Waals surface area contributed by atoms with Crippen molar-refractivity contribution in [3.05, 3.63) is 53.5 Å². The van der Waals surface area contributed by atoms with Crippen LogP contribution in [0.2, 0.25) is 0 Å². The van der Waals surface area contributed by atoms with Gasteiger partial charge in [-0.1, -0.05) is 12.1 Å². The van der Waals surface area contributed by atoms with Gasteiger partial charge in [0.15, 0.2) is 0 Å². The van der Waals surface area contributed by atoms with Crippen LogP contribution in [0.15, 0.2) is 48.7 Å². The molecular weight excluding hydrogens is 362 g/mol. The Kier molecular flexibility index (Phi) is 4.37. The van der Waals surface area contributed by atoms with E-state index in [1.807, 2.05) is 37.3 Å². The highest BCUT2D eigenvalue weighted by Crippen LogP contribution is 2.35. The van der Waals surface area contributed by atoms with Crippen LogP contribution in [0.5, 0.6) is 5.88 Å². The van der Waals surface area contributed by atoms with E-state index in [2.05, 4.69) is 4.98 Å². The van der Waals surface area contributed by atoms with Crippen molar-refractivity contribution in [2.45, 2.75) is 13.8 Å². The van der Waals surface area contributed by atoms with Gasteiger partial charge in [0.05, 0.1) is 23.5 Å². The van der Waals surface area contributed by atoms with Crippen molar-refractivity contribution >= 4 is 28.3 Å². The van der Waals surface area contributed by atoms with Gasteiger partial charge in [0.1, 0.15) is 5.01 Å². The van der Waals surface area contributed by atoms with E-state index in [4.69, 9.17) is 9.72 Å². The van der Waals surface area contributed by atoms with Crippen LogP contribution in [0.25, 0.3) is 32.9 Å². The molecule has 0 unspecified atom stereocenters. The number of thiazole rings is 1. The first kappa shape index (κ1) is 17.2. The molecule has 0 aliphatic rings. The molecule has 27 heavy (non-hydrogen) atoms. The summed E-state index contributed by atoms with van der Waals surface area (Å²) in [6, 6.07) is 12.9. The summed E-state index contributed by atoms with van der Waals surface area (Å²) >= 11 is 1.59. The molecular formula is C20H17N3O3S. The Hall–Kier alpha value is -3.19. The van der Waals surface area contributed by atoms with Crippen LogP contribution in [-0.4, -0.2) is 32.3 Å². The Morgan fingerprint density at radius 3 is 2.85 bits per heavy atom. The maximum Gasteiger partial charge on any atom is 0.421 e. The van der Waals surface area contributed by atoms with Crippen molar-refractivity contribution in [2.24, 2.45) is 0 Å². The summed E-state index contributed by atoms with van der Waals surface area (Å²) in [4.78, 5) is 22.3. The van der Waals surface area contributed by atoms with E-state index in [1.165, 1.54) is 0 Å². The van der Waals surface area contributed by atoms with Gasteiger partial charge in [-0.3, -0.25) is 4.98 Å². The number of rotatable bonds is 3. The monoisotopic (exact) mass is 379 g/mol. The fourth-order valence-corrected chi connectivity index (χ4v) is 3.90. The Labute approximate surface area is 159 Å². The molecule has 0 atom stereocenters. The number of aromatic nitrogens is 3. The number of carbonyl (C=O) groups excluding carboxylic acids is 1. The molecule has 7 heteroatoms. The quantitative estimate of drug-likeness (QED) is 0.551. The van der Waals surface area contributed by atoms with Crippen LogP contribution in [0.3, 0.4) is 0 Å². The number of fused-ring (bicyclic) bond motifs is 1. The van der Waals surface area contributed by atoms with E-state index in [1.54, 1.807) is 36.6 Å². The lowest BCUT2D eigenvalue weighted by atomic mass is 10.1. The third-order valence-electron chi connectivity index (χ3n) is 4.19. The summed E-state index contributed by atoms with van der Waals surface area (Å²) in [5.74, 6) is -0.148. The van der Waals surface area contributed by atoms with Gasteiger partial charge in [-0.2, -0.15) is 0 Å². The fourth-order valence-electron chi connectivity index (χ4n) is 2.99. The zero-order chi connectivity index (χ0) is 19.0. The second-order valence-electron chi connectivity index (χ2n) is 5.95. The Bertz CT molecular complexity index is 1130. The number of benzene rings is 1. The normalized spacial score (nSPS) is 11.0. The van der Waals surface area contributed by atoms with Crippen LogP contribution in [0.4, 0.5) is 4.79 Å². The maximum absolute atomic E-state index is 12.1. The van der Waals surface area contributed by atoms with Crippen LogP contribution in [0.1, 0.15) is 11.8 Å². The van der Waals surface area contributed by atoms with Gasteiger partial charge in [-0.15, -0.1) is 11.3 Å². The molecule has 0 saturated carbocycles. The van der Waals surface area contributed by atoms with Crippen LogP contribution in [0, 0.1) is 6.92 Å². The zero-order valence-electron chi connectivity index (χ0n) is 14.8. The molecule has 136 valence electrons. The van der Waals surface area contributed by atoms with Crippen LogP contribution in [-0.2, 0) is 4.74 Å². The number of aromatic hydroxyl groups is 1. The second kappa shape index (κ2) is 6.85. The van der Waals surface area contributed by atoms with E-state index in [0.717, 1.165) is 36.8 Å². The van der Waals surface area contributed by atoms with Crippen LogP contribution < -0.4 is 0 Å². The lowest BCUT2D eigenvalue weighted by Crippen LogP contribution is -2.12. The molecule has 3 heterocycles. The van der Waals surface area contributed by atoms with Crippen molar-refractivity contribution in [2.75, 3.05) is 6.61 Å². The van der Waals surface area contributed by atoms with E-state index >= 15 is 0 Å². The van der Waals surface area contributed by atoms with Gasteiger partial charge in [0, 0.05) is 28.1 Å². The topological polar surface area (TPSA) is 77.2 Å². The third-order valence-corrected chi connectivity index (χ3v) is 5.18. The number of pyridine rings is 1. The number of carbonyl (C=O) groups is 1. The summed E-state index contributed by atoms with van der Waals surface area (Å²) in [5.41, 5.74) is 3.21. The molecule has 3 aromatic heterocycles. The number of aryl methyl sites for hydroxylation is 1. The van der Waals surface area contributed by atoms with Gasteiger partial charge < -0.3 is 9.84 Å². The Balaban J connectivity index is 1.77. The standard InChI is InChI=1S/C20H17N3O3S/c1-3-26-20(25)23-16-8-7-13(10-14(16)11-17(23)24)18-12(2)27-19(22-18)15-6-4-5-9-21-15/h4-11,24H,3H2,1-2H3. The highest BCUT2D eigenvalue weighted by atomic mass is 32.1. The summed E-state index contributed by atoms with van der Waals surface area (Å²) in [7, 11) is 0.